The summed E-state index contributed by atoms with van der Waals surface area (Å²) in [7, 11) is 0. The van der Waals surface area contributed by atoms with Gasteiger partial charge in [0.05, 0.1) is 6.42 Å². The first-order valence-corrected chi connectivity index (χ1v) is 7.55. The third-order valence-corrected chi connectivity index (χ3v) is 3.93. The number of rotatable bonds is 5. The topological polar surface area (TPSA) is 69.6 Å². The van der Waals surface area contributed by atoms with Gasteiger partial charge in [0, 0.05) is 25.2 Å². The van der Waals surface area contributed by atoms with E-state index in [1.807, 2.05) is 0 Å². The first kappa shape index (κ1) is 18.3. The van der Waals surface area contributed by atoms with Crippen LogP contribution in [0.15, 0.2) is 24.3 Å². The Labute approximate surface area is 137 Å². The van der Waals surface area contributed by atoms with Crippen molar-refractivity contribution in [2.75, 3.05) is 11.4 Å². The SMILES string of the molecule is C[C@](O)(CC(=O)NCc1ccc(N2CCCC2=O)cc1)C(F)(F)F. The molecule has 1 aromatic rings. The normalized spacial score (nSPS) is 17.7. The third-order valence-electron chi connectivity index (χ3n) is 3.93. The van der Waals surface area contributed by atoms with E-state index in [-0.39, 0.29) is 12.5 Å². The molecule has 1 saturated heterocycles. The molecule has 132 valence electrons. The fourth-order valence-electron chi connectivity index (χ4n) is 2.39. The number of anilines is 1. The van der Waals surface area contributed by atoms with Crippen LogP contribution in [0.4, 0.5) is 18.9 Å². The summed E-state index contributed by atoms with van der Waals surface area (Å²) in [6.45, 7) is 1.27. The Bertz CT molecular complexity index is 612. The summed E-state index contributed by atoms with van der Waals surface area (Å²) in [5.74, 6) is -0.832. The van der Waals surface area contributed by atoms with E-state index < -0.39 is 24.1 Å². The minimum absolute atomic E-state index is 0.0427. The van der Waals surface area contributed by atoms with Crippen LogP contribution in [0, 0.1) is 0 Å². The summed E-state index contributed by atoms with van der Waals surface area (Å²) in [6.07, 6.45) is -4.59. The zero-order chi connectivity index (χ0) is 18.0. The van der Waals surface area contributed by atoms with Gasteiger partial charge in [0.2, 0.25) is 11.8 Å². The second-order valence-electron chi connectivity index (χ2n) is 6.04. The number of halogens is 3. The van der Waals surface area contributed by atoms with Gasteiger partial charge in [-0.05, 0) is 31.0 Å². The van der Waals surface area contributed by atoms with E-state index >= 15 is 0 Å². The smallest absolute Gasteiger partial charge is 0.380 e. The molecule has 2 amide bonds. The number of benzene rings is 1. The van der Waals surface area contributed by atoms with Crippen molar-refractivity contribution in [1.29, 1.82) is 0 Å². The molecule has 1 fully saturated rings. The Balaban J connectivity index is 1.88. The summed E-state index contributed by atoms with van der Waals surface area (Å²) >= 11 is 0. The third kappa shape index (κ3) is 4.25. The maximum absolute atomic E-state index is 12.5. The number of hydrogen-bond acceptors (Lipinski definition) is 3. The molecule has 2 N–H and O–H groups in total. The minimum atomic E-state index is -4.87. The lowest BCUT2D eigenvalue weighted by atomic mass is 10.0. The molecule has 1 aliphatic heterocycles. The van der Waals surface area contributed by atoms with Gasteiger partial charge in [0.15, 0.2) is 5.60 Å². The highest BCUT2D eigenvalue weighted by Gasteiger charge is 2.50. The van der Waals surface area contributed by atoms with Crippen LogP contribution in [-0.4, -0.2) is 35.2 Å². The Morgan fingerprint density at radius 3 is 2.42 bits per heavy atom. The van der Waals surface area contributed by atoms with Gasteiger partial charge in [-0.2, -0.15) is 13.2 Å². The molecular weight excluding hydrogens is 325 g/mol. The number of nitrogens with one attached hydrogen (secondary N) is 1. The highest BCUT2D eigenvalue weighted by Crippen LogP contribution is 2.32. The number of aliphatic hydroxyl groups is 1. The molecule has 1 atom stereocenters. The quantitative estimate of drug-likeness (QED) is 0.860. The lowest BCUT2D eigenvalue weighted by Crippen LogP contribution is -2.46. The lowest BCUT2D eigenvalue weighted by Gasteiger charge is -2.25. The number of carbonyl (C=O) groups is 2. The highest BCUT2D eigenvalue weighted by atomic mass is 19.4. The predicted molar refractivity (Wildman–Crippen MR) is 81.2 cm³/mol. The Hall–Kier alpha value is -2.09. The average molecular weight is 344 g/mol. The minimum Gasteiger partial charge on any atom is -0.380 e. The van der Waals surface area contributed by atoms with Crippen molar-refractivity contribution >= 4 is 17.5 Å². The molecule has 5 nitrogen and oxygen atoms in total. The van der Waals surface area contributed by atoms with Crippen molar-refractivity contribution in [1.82, 2.24) is 5.32 Å². The van der Waals surface area contributed by atoms with E-state index in [1.165, 1.54) is 0 Å². The molecule has 1 heterocycles. The maximum Gasteiger partial charge on any atom is 0.417 e. The molecule has 0 bridgehead atoms. The zero-order valence-electron chi connectivity index (χ0n) is 13.2. The van der Waals surface area contributed by atoms with Crippen molar-refractivity contribution in [2.45, 2.75) is 44.5 Å². The van der Waals surface area contributed by atoms with E-state index in [0.29, 0.717) is 25.5 Å². The first-order valence-electron chi connectivity index (χ1n) is 7.55. The van der Waals surface area contributed by atoms with Crippen molar-refractivity contribution in [3.05, 3.63) is 29.8 Å². The van der Waals surface area contributed by atoms with Gasteiger partial charge in [0.1, 0.15) is 0 Å². The van der Waals surface area contributed by atoms with Gasteiger partial charge < -0.3 is 15.3 Å². The van der Waals surface area contributed by atoms with Crippen LogP contribution in [0.1, 0.15) is 31.7 Å². The van der Waals surface area contributed by atoms with Gasteiger partial charge in [-0.15, -0.1) is 0 Å². The molecule has 2 rings (SSSR count). The van der Waals surface area contributed by atoms with Crippen molar-refractivity contribution in [3.63, 3.8) is 0 Å². The van der Waals surface area contributed by atoms with Crippen LogP contribution in [0.2, 0.25) is 0 Å². The number of hydrogen-bond donors (Lipinski definition) is 2. The number of nitrogens with zero attached hydrogens (tertiary/aromatic N) is 1. The monoisotopic (exact) mass is 344 g/mol. The highest BCUT2D eigenvalue weighted by molar-refractivity contribution is 5.95. The van der Waals surface area contributed by atoms with E-state index in [9.17, 15) is 27.9 Å². The van der Waals surface area contributed by atoms with E-state index in [2.05, 4.69) is 5.32 Å². The molecule has 0 aromatic heterocycles. The van der Waals surface area contributed by atoms with E-state index in [4.69, 9.17) is 0 Å². The molecule has 0 radical (unpaired) electrons. The molecule has 0 spiro atoms. The number of carbonyl (C=O) groups excluding carboxylic acids is 2. The summed E-state index contributed by atoms with van der Waals surface area (Å²) < 4.78 is 37.6. The first-order chi connectivity index (χ1) is 11.1. The van der Waals surface area contributed by atoms with Crippen LogP contribution < -0.4 is 10.2 Å². The van der Waals surface area contributed by atoms with Crippen LogP contribution in [0.25, 0.3) is 0 Å². The summed E-state index contributed by atoms with van der Waals surface area (Å²) in [6, 6.07) is 6.86. The Morgan fingerprint density at radius 1 is 1.29 bits per heavy atom. The van der Waals surface area contributed by atoms with Gasteiger partial charge in [-0.3, -0.25) is 9.59 Å². The second-order valence-corrected chi connectivity index (χ2v) is 6.04. The average Bonchev–Trinajstić information content (AvgIpc) is 2.90. The van der Waals surface area contributed by atoms with E-state index in [1.54, 1.807) is 29.2 Å². The molecule has 0 unspecified atom stereocenters. The molecular formula is C16H19F3N2O3. The molecule has 1 aliphatic rings. The standard InChI is InChI=1S/C16H19F3N2O3/c1-15(24,16(17,18)19)9-13(22)20-10-11-4-6-12(7-5-11)21-8-2-3-14(21)23/h4-7,24H,2-3,8-10H2,1H3,(H,20,22)/t15-/m0/s1. The predicted octanol–water partition coefficient (Wildman–Crippen LogP) is 2.13. The largest absolute Gasteiger partial charge is 0.417 e. The molecule has 0 saturated carbocycles. The molecule has 24 heavy (non-hydrogen) atoms. The van der Waals surface area contributed by atoms with Gasteiger partial charge in [-0.1, -0.05) is 12.1 Å². The summed E-state index contributed by atoms with van der Waals surface area (Å²) in [5.41, 5.74) is -1.62. The fraction of sp³-hybridized carbons (Fsp3) is 0.500. The second kappa shape index (κ2) is 6.80. The molecule has 1 aromatic carbocycles. The van der Waals surface area contributed by atoms with Crippen LogP contribution >= 0.6 is 0 Å². The number of amides is 2. The summed E-state index contributed by atoms with van der Waals surface area (Å²) in [5, 5.41) is 11.6. The Morgan fingerprint density at radius 2 is 1.92 bits per heavy atom. The number of alkyl halides is 3. The lowest BCUT2D eigenvalue weighted by molar-refractivity contribution is -0.253. The van der Waals surface area contributed by atoms with Crippen molar-refractivity contribution < 1.29 is 27.9 Å². The fourth-order valence-corrected chi connectivity index (χ4v) is 2.39. The van der Waals surface area contributed by atoms with Gasteiger partial charge in [0.25, 0.3) is 0 Å². The van der Waals surface area contributed by atoms with Gasteiger partial charge >= 0.3 is 6.18 Å². The van der Waals surface area contributed by atoms with Crippen LogP contribution in [0.5, 0.6) is 0 Å². The Kier molecular flexibility index (Phi) is 5.17. The molecule has 0 aliphatic carbocycles. The van der Waals surface area contributed by atoms with Crippen LogP contribution in [0.3, 0.4) is 0 Å². The van der Waals surface area contributed by atoms with Gasteiger partial charge in [-0.25, -0.2) is 0 Å². The van der Waals surface area contributed by atoms with Crippen molar-refractivity contribution in [3.8, 4) is 0 Å². The maximum atomic E-state index is 12.5. The molecule has 8 heteroatoms. The summed E-state index contributed by atoms with van der Waals surface area (Å²) in [4.78, 5) is 24.9. The van der Waals surface area contributed by atoms with Crippen LogP contribution in [-0.2, 0) is 16.1 Å². The zero-order valence-corrected chi connectivity index (χ0v) is 13.2. The van der Waals surface area contributed by atoms with Crippen molar-refractivity contribution in [2.24, 2.45) is 0 Å². The van der Waals surface area contributed by atoms with E-state index in [0.717, 1.165) is 12.1 Å².